The Kier molecular flexibility index (Phi) is 3.91. The Bertz CT molecular complexity index is 703. The van der Waals surface area contributed by atoms with Crippen LogP contribution in [0, 0.1) is 6.92 Å². The van der Waals surface area contributed by atoms with Crippen LogP contribution in [-0.4, -0.2) is 50.5 Å². The minimum atomic E-state index is -4.14. The second kappa shape index (κ2) is 5.80. The predicted octanol–water partition coefficient (Wildman–Crippen LogP) is 0.938. The first-order valence-corrected chi connectivity index (χ1v) is 8.61. The summed E-state index contributed by atoms with van der Waals surface area (Å²) in [6.07, 6.45) is -4.08. The minimum Gasteiger partial charge on any atom is -0.387 e. The number of ether oxygens (including phenoxy) is 3. The first-order valence-electron chi connectivity index (χ1n) is 7.78. The van der Waals surface area contributed by atoms with Crippen molar-refractivity contribution >= 4 is 10.1 Å². The predicted molar refractivity (Wildman–Crippen MR) is 79.0 cm³/mol. The smallest absolute Gasteiger partial charge is 0.297 e. The SMILES string of the molecule is [2H][C@@H](OS(=O)(=O)c1ccc(C)cc1)[C@H]1O[C@@H]2OC(C)(C)O[C@H]2C1O. The Balaban J connectivity index is 1.70. The van der Waals surface area contributed by atoms with Crippen LogP contribution in [0.4, 0.5) is 0 Å². The molecule has 0 aliphatic carbocycles. The van der Waals surface area contributed by atoms with Gasteiger partial charge in [-0.15, -0.1) is 0 Å². The molecule has 2 saturated heterocycles. The Labute approximate surface area is 136 Å². The zero-order valence-electron chi connectivity index (χ0n) is 14.0. The van der Waals surface area contributed by atoms with E-state index in [4.69, 9.17) is 19.8 Å². The first-order chi connectivity index (χ1) is 11.1. The molecule has 2 heterocycles. The molecule has 0 bridgehead atoms. The first kappa shape index (κ1) is 15.5. The molecule has 0 amide bonds. The molecule has 1 unspecified atom stereocenters. The summed E-state index contributed by atoms with van der Waals surface area (Å²) in [6.45, 7) is 3.53. The molecular weight excluding hydrogens is 324 g/mol. The van der Waals surface area contributed by atoms with Crippen LogP contribution in [-0.2, 0) is 28.5 Å². The molecule has 128 valence electrons. The van der Waals surface area contributed by atoms with E-state index in [0.717, 1.165) is 5.56 Å². The van der Waals surface area contributed by atoms with Gasteiger partial charge in [-0.05, 0) is 32.9 Å². The zero-order chi connectivity index (χ0) is 17.7. The van der Waals surface area contributed by atoms with Gasteiger partial charge < -0.3 is 19.3 Å². The van der Waals surface area contributed by atoms with Gasteiger partial charge in [0, 0.05) is 0 Å². The number of hydrogen-bond acceptors (Lipinski definition) is 7. The lowest BCUT2D eigenvalue weighted by atomic mass is 10.1. The lowest BCUT2D eigenvalue weighted by Gasteiger charge is -2.22. The quantitative estimate of drug-likeness (QED) is 0.812. The lowest BCUT2D eigenvalue weighted by Crippen LogP contribution is -2.37. The molecule has 5 atom stereocenters. The van der Waals surface area contributed by atoms with E-state index in [-0.39, 0.29) is 4.90 Å². The summed E-state index contributed by atoms with van der Waals surface area (Å²) in [5.74, 6) is -0.909. The summed E-state index contributed by atoms with van der Waals surface area (Å²) in [7, 11) is -4.14. The van der Waals surface area contributed by atoms with Crippen molar-refractivity contribution in [3.05, 3.63) is 29.8 Å². The van der Waals surface area contributed by atoms with Gasteiger partial charge in [-0.2, -0.15) is 8.42 Å². The van der Waals surface area contributed by atoms with Crippen LogP contribution in [0.5, 0.6) is 0 Å². The number of hydrogen-bond donors (Lipinski definition) is 1. The van der Waals surface area contributed by atoms with Crippen LogP contribution < -0.4 is 0 Å². The fourth-order valence-corrected chi connectivity index (χ4v) is 3.35. The Morgan fingerprint density at radius 2 is 1.96 bits per heavy atom. The Morgan fingerprint density at radius 3 is 2.57 bits per heavy atom. The fraction of sp³-hybridized carbons (Fsp3) is 0.600. The molecule has 2 aliphatic rings. The molecule has 23 heavy (non-hydrogen) atoms. The van der Waals surface area contributed by atoms with E-state index >= 15 is 0 Å². The molecule has 2 fully saturated rings. The van der Waals surface area contributed by atoms with Crippen molar-refractivity contribution in [1.29, 1.82) is 0 Å². The van der Waals surface area contributed by atoms with Gasteiger partial charge in [-0.3, -0.25) is 4.18 Å². The number of fused-ring (bicyclic) bond motifs is 1. The highest BCUT2D eigenvalue weighted by molar-refractivity contribution is 7.86. The maximum atomic E-state index is 12.2. The molecular formula is C15H20O7S. The number of aliphatic hydroxyl groups excluding tert-OH is 1. The van der Waals surface area contributed by atoms with Crippen molar-refractivity contribution in [3.63, 3.8) is 0 Å². The van der Waals surface area contributed by atoms with E-state index in [1.807, 2.05) is 6.92 Å². The summed E-state index contributed by atoms with van der Waals surface area (Å²) < 4.78 is 53.6. The van der Waals surface area contributed by atoms with Crippen LogP contribution in [0.1, 0.15) is 20.8 Å². The second-order valence-corrected chi connectivity index (χ2v) is 7.63. The van der Waals surface area contributed by atoms with Crippen molar-refractivity contribution in [3.8, 4) is 0 Å². The van der Waals surface area contributed by atoms with Gasteiger partial charge in [0.2, 0.25) is 0 Å². The third kappa shape index (κ3) is 3.42. The molecule has 0 radical (unpaired) electrons. The molecule has 1 aromatic rings. The van der Waals surface area contributed by atoms with Crippen LogP contribution in [0.25, 0.3) is 0 Å². The minimum absolute atomic E-state index is 0.0633. The number of benzene rings is 1. The van der Waals surface area contributed by atoms with E-state index in [1.165, 1.54) is 12.1 Å². The summed E-state index contributed by atoms with van der Waals surface area (Å²) in [5, 5.41) is 10.2. The van der Waals surface area contributed by atoms with E-state index in [1.54, 1.807) is 26.0 Å². The van der Waals surface area contributed by atoms with Crippen LogP contribution in [0.15, 0.2) is 29.2 Å². The van der Waals surface area contributed by atoms with Crippen LogP contribution in [0.2, 0.25) is 0 Å². The van der Waals surface area contributed by atoms with Gasteiger partial charge in [0.05, 0.1) is 12.8 Å². The fourth-order valence-electron chi connectivity index (χ4n) is 2.52. The highest BCUT2D eigenvalue weighted by Gasteiger charge is 2.54. The average molecular weight is 345 g/mol. The Hall–Kier alpha value is -1.03. The van der Waals surface area contributed by atoms with Crippen molar-refractivity contribution < 1.29 is 33.3 Å². The van der Waals surface area contributed by atoms with E-state index < -0.39 is 47.1 Å². The molecule has 0 saturated carbocycles. The van der Waals surface area contributed by atoms with Gasteiger partial charge in [0.1, 0.15) is 18.3 Å². The lowest BCUT2D eigenvalue weighted by molar-refractivity contribution is -0.217. The normalized spacial score (nSPS) is 34.9. The summed E-state index contributed by atoms with van der Waals surface area (Å²) in [5.41, 5.74) is 0.899. The third-order valence-corrected chi connectivity index (χ3v) is 4.89. The van der Waals surface area contributed by atoms with Gasteiger partial charge in [0.15, 0.2) is 12.1 Å². The van der Waals surface area contributed by atoms with E-state index in [0.29, 0.717) is 0 Å². The maximum Gasteiger partial charge on any atom is 0.297 e. The average Bonchev–Trinajstić information content (AvgIpc) is 2.92. The van der Waals surface area contributed by atoms with Gasteiger partial charge >= 0.3 is 0 Å². The van der Waals surface area contributed by atoms with Gasteiger partial charge in [-0.25, -0.2) is 0 Å². The van der Waals surface area contributed by atoms with Crippen LogP contribution >= 0.6 is 0 Å². The highest BCUT2D eigenvalue weighted by atomic mass is 32.2. The van der Waals surface area contributed by atoms with Crippen molar-refractivity contribution in [2.75, 3.05) is 6.58 Å². The Morgan fingerprint density at radius 1 is 1.30 bits per heavy atom. The second-order valence-electron chi connectivity index (χ2n) is 6.06. The largest absolute Gasteiger partial charge is 0.387 e. The standard InChI is InChI=1S/C15H20O7S/c1-9-4-6-10(7-5-9)23(17,18)19-8-11-12(16)13-14(20-11)22-15(2,3)21-13/h4-7,11-14,16H,8H2,1-3H3/t11-,12?,13+,14-/m1/s1/i8D/t8-,11-,12?,13+,14-. The molecule has 1 aromatic carbocycles. The van der Waals surface area contributed by atoms with Crippen molar-refractivity contribution in [2.24, 2.45) is 0 Å². The molecule has 7 nitrogen and oxygen atoms in total. The van der Waals surface area contributed by atoms with Crippen molar-refractivity contribution in [1.82, 2.24) is 0 Å². The third-order valence-electron chi connectivity index (χ3n) is 3.68. The van der Waals surface area contributed by atoms with Crippen LogP contribution in [0.3, 0.4) is 0 Å². The summed E-state index contributed by atoms with van der Waals surface area (Å²) in [4.78, 5) is -0.0633. The van der Waals surface area contributed by atoms with E-state index in [2.05, 4.69) is 0 Å². The highest BCUT2D eigenvalue weighted by Crippen LogP contribution is 2.37. The molecule has 1 N–H and O–H groups in total. The number of aryl methyl sites for hydroxylation is 1. The molecule has 0 spiro atoms. The number of aliphatic hydroxyl groups is 1. The monoisotopic (exact) mass is 345 g/mol. The van der Waals surface area contributed by atoms with Gasteiger partial charge in [-0.1, -0.05) is 17.7 Å². The summed E-state index contributed by atoms with van der Waals surface area (Å²) in [6, 6.07) is 6.05. The maximum absolute atomic E-state index is 12.2. The topological polar surface area (TPSA) is 91.3 Å². The molecule has 0 aromatic heterocycles. The molecule has 2 aliphatic heterocycles. The summed E-state index contributed by atoms with van der Waals surface area (Å²) >= 11 is 0. The zero-order valence-corrected chi connectivity index (χ0v) is 13.8. The molecule has 8 heteroatoms. The number of rotatable bonds is 4. The molecule has 3 rings (SSSR count). The van der Waals surface area contributed by atoms with Gasteiger partial charge in [0.25, 0.3) is 10.1 Å². The van der Waals surface area contributed by atoms with E-state index in [9.17, 15) is 13.5 Å². The van der Waals surface area contributed by atoms with Crippen molar-refractivity contribution in [2.45, 2.75) is 56.1 Å².